The summed E-state index contributed by atoms with van der Waals surface area (Å²) in [7, 11) is -2.85. The highest BCUT2D eigenvalue weighted by molar-refractivity contribution is 7.91. The van der Waals surface area contributed by atoms with Crippen molar-refractivity contribution in [3.05, 3.63) is 34.9 Å². The lowest BCUT2D eigenvalue weighted by molar-refractivity contribution is 0.0822. The molecule has 0 aliphatic carbocycles. The van der Waals surface area contributed by atoms with E-state index in [9.17, 15) is 8.42 Å². The molecule has 3 rings (SSSR count). The molecular formula is C20H31N3O3S. The average molecular weight is 394 g/mol. The number of nitrogens with zero attached hydrogens (tertiary/aromatic N) is 1. The molecule has 2 aliphatic heterocycles. The first-order valence-electron chi connectivity index (χ1n) is 9.80. The summed E-state index contributed by atoms with van der Waals surface area (Å²) >= 11 is 0. The van der Waals surface area contributed by atoms with Crippen molar-refractivity contribution in [2.24, 2.45) is 10.9 Å². The van der Waals surface area contributed by atoms with Crippen LogP contribution < -0.4 is 10.6 Å². The van der Waals surface area contributed by atoms with Crippen molar-refractivity contribution in [3.63, 3.8) is 0 Å². The Morgan fingerprint density at radius 2 is 2.00 bits per heavy atom. The van der Waals surface area contributed by atoms with Gasteiger partial charge in [-0.05, 0) is 50.2 Å². The lowest BCUT2D eigenvalue weighted by atomic mass is 10.1. The smallest absolute Gasteiger partial charge is 0.191 e. The quantitative estimate of drug-likeness (QED) is 0.590. The summed E-state index contributed by atoms with van der Waals surface area (Å²) in [6.45, 7) is 6.98. The minimum atomic E-state index is -2.85. The summed E-state index contributed by atoms with van der Waals surface area (Å²) in [4.78, 5) is 4.78. The molecular weight excluding hydrogens is 362 g/mol. The Labute approximate surface area is 162 Å². The predicted molar refractivity (Wildman–Crippen MR) is 109 cm³/mol. The number of hydrogen-bond acceptors (Lipinski definition) is 4. The van der Waals surface area contributed by atoms with Crippen LogP contribution in [0.4, 0.5) is 0 Å². The lowest BCUT2D eigenvalue weighted by Gasteiger charge is -2.26. The van der Waals surface area contributed by atoms with Gasteiger partial charge >= 0.3 is 0 Å². The number of aliphatic imine (C=N–C) groups is 1. The van der Waals surface area contributed by atoms with E-state index in [0.29, 0.717) is 24.9 Å². The van der Waals surface area contributed by atoms with Crippen LogP contribution in [0.3, 0.4) is 0 Å². The van der Waals surface area contributed by atoms with Gasteiger partial charge in [-0.2, -0.15) is 0 Å². The highest BCUT2D eigenvalue weighted by Gasteiger charge is 2.28. The van der Waals surface area contributed by atoms with E-state index >= 15 is 0 Å². The monoisotopic (exact) mass is 393 g/mol. The Kier molecular flexibility index (Phi) is 6.76. The predicted octanol–water partition coefficient (Wildman–Crippen LogP) is 1.95. The van der Waals surface area contributed by atoms with Gasteiger partial charge in [0, 0.05) is 25.8 Å². The number of aryl methyl sites for hydroxylation is 2. The standard InChI is InChI=1S/C20H31N3O3S/c1-15-3-4-18(16(2)11-15)13-22-20(23-19-5-8-26-9-6-19)21-12-17-7-10-27(24,25)14-17/h3-4,11,17,19H,5-10,12-14H2,1-2H3,(H2,21,22,23). The van der Waals surface area contributed by atoms with Gasteiger partial charge in [0.25, 0.3) is 0 Å². The van der Waals surface area contributed by atoms with Crippen LogP contribution in [0.15, 0.2) is 23.2 Å². The number of guanidine groups is 1. The Morgan fingerprint density at radius 1 is 1.22 bits per heavy atom. The lowest BCUT2D eigenvalue weighted by Crippen LogP contribution is -2.47. The fraction of sp³-hybridized carbons (Fsp3) is 0.650. The molecule has 0 amide bonds. The van der Waals surface area contributed by atoms with Gasteiger partial charge in [-0.3, -0.25) is 0 Å². The van der Waals surface area contributed by atoms with Crippen molar-refractivity contribution < 1.29 is 13.2 Å². The molecule has 2 aliphatic rings. The highest BCUT2D eigenvalue weighted by atomic mass is 32.2. The van der Waals surface area contributed by atoms with E-state index < -0.39 is 9.84 Å². The van der Waals surface area contributed by atoms with Gasteiger partial charge in [0.2, 0.25) is 0 Å². The van der Waals surface area contributed by atoms with Crippen LogP contribution in [0.25, 0.3) is 0 Å². The van der Waals surface area contributed by atoms with Crippen LogP contribution in [0.2, 0.25) is 0 Å². The number of nitrogens with one attached hydrogen (secondary N) is 2. The van der Waals surface area contributed by atoms with Crippen molar-refractivity contribution in [1.29, 1.82) is 0 Å². The van der Waals surface area contributed by atoms with Crippen LogP contribution >= 0.6 is 0 Å². The van der Waals surface area contributed by atoms with Gasteiger partial charge in [-0.1, -0.05) is 23.8 Å². The van der Waals surface area contributed by atoms with E-state index in [2.05, 4.69) is 42.7 Å². The van der Waals surface area contributed by atoms with Crippen LogP contribution in [0.5, 0.6) is 0 Å². The van der Waals surface area contributed by atoms with Crippen molar-refractivity contribution in [2.45, 2.75) is 45.7 Å². The Hall–Kier alpha value is -1.60. The second kappa shape index (κ2) is 9.06. The first-order valence-corrected chi connectivity index (χ1v) is 11.6. The SMILES string of the molecule is Cc1ccc(CN=C(NCC2CCS(=O)(=O)C2)NC2CCOCC2)c(C)c1. The molecule has 2 N–H and O–H groups in total. The average Bonchev–Trinajstić information content (AvgIpc) is 2.98. The Balaban J connectivity index is 1.64. The maximum atomic E-state index is 11.7. The van der Waals surface area contributed by atoms with Gasteiger partial charge < -0.3 is 15.4 Å². The molecule has 1 aromatic carbocycles. The Bertz CT molecular complexity index is 771. The normalized spacial score (nSPS) is 23.3. The molecule has 1 aromatic rings. The van der Waals surface area contributed by atoms with Crippen molar-refractivity contribution >= 4 is 15.8 Å². The van der Waals surface area contributed by atoms with Crippen LogP contribution in [-0.2, 0) is 21.1 Å². The summed E-state index contributed by atoms with van der Waals surface area (Å²) in [5, 5.41) is 6.89. The van der Waals surface area contributed by atoms with Crippen LogP contribution in [-0.4, -0.2) is 51.7 Å². The van der Waals surface area contributed by atoms with Crippen LogP contribution in [0.1, 0.15) is 36.0 Å². The molecule has 0 aromatic heterocycles. The molecule has 0 bridgehead atoms. The summed E-state index contributed by atoms with van der Waals surface area (Å²) in [6, 6.07) is 6.76. The molecule has 27 heavy (non-hydrogen) atoms. The van der Waals surface area contributed by atoms with Crippen molar-refractivity contribution in [2.75, 3.05) is 31.3 Å². The van der Waals surface area contributed by atoms with E-state index in [1.807, 2.05) is 0 Å². The molecule has 0 radical (unpaired) electrons. The zero-order valence-corrected chi connectivity index (χ0v) is 17.1. The summed E-state index contributed by atoms with van der Waals surface area (Å²) in [5.41, 5.74) is 3.70. The molecule has 2 saturated heterocycles. The van der Waals surface area contributed by atoms with Crippen molar-refractivity contribution in [3.8, 4) is 0 Å². The minimum absolute atomic E-state index is 0.165. The second-order valence-electron chi connectivity index (χ2n) is 7.78. The molecule has 2 fully saturated rings. The summed E-state index contributed by atoms with van der Waals surface area (Å²) in [5.74, 6) is 1.52. The number of benzene rings is 1. The molecule has 150 valence electrons. The van der Waals surface area contributed by atoms with Gasteiger partial charge in [0.15, 0.2) is 15.8 Å². The van der Waals surface area contributed by atoms with Gasteiger partial charge in [-0.15, -0.1) is 0 Å². The van der Waals surface area contributed by atoms with E-state index in [0.717, 1.165) is 38.4 Å². The third-order valence-corrected chi connectivity index (χ3v) is 7.19. The summed E-state index contributed by atoms with van der Waals surface area (Å²) < 4.78 is 28.8. The number of rotatable bonds is 5. The minimum Gasteiger partial charge on any atom is -0.381 e. The highest BCUT2D eigenvalue weighted by Crippen LogP contribution is 2.17. The number of ether oxygens (including phenoxy) is 1. The second-order valence-corrected chi connectivity index (χ2v) is 10.0. The molecule has 1 unspecified atom stereocenters. The van der Waals surface area contributed by atoms with Gasteiger partial charge in [-0.25, -0.2) is 13.4 Å². The zero-order chi connectivity index (χ0) is 19.3. The fourth-order valence-corrected chi connectivity index (χ4v) is 5.51. The fourth-order valence-electron chi connectivity index (χ4n) is 3.65. The summed E-state index contributed by atoms with van der Waals surface area (Å²) in [6.07, 6.45) is 2.65. The maximum absolute atomic E-state index is 11.7. The Morgan fingerprint density at radius 3 is 2.67 bits per heavy atom. The number of sulfone groups is 1. The first kappa shape index (κ1) is 20.1. The number of hydrogen-bond donors (Lipinski definition) is 2. The first-order chi connectivity index (χ1) is 12.9. The molecule has 0 spiro atoms. The largest absolute Gasteiger partial charge is 0.381 e. The van der Waals surface area contributed by atoms with Gasteiger partial charge in [0.05, 0.1) is 18.1 Å². The topological polar surface area (TPSA) is 79.8 Å². The maximum Gasteiger partial charge on any atom is 0.191 e. The molecule has 1 atom stereocenters. The molecule has 6 nitrogen and oxygen atoms in total. The zero-order valence-electron chi connectivity index (χ0n) is 16.3. The van der Waals surface area contributed by atoms with E-state index in [-0.39, 0.29) is 11.7 Å². The van der Waals surface area contributed by atoms with Crippen molar-refractivity contribution in [1.82, 2.24) is 10.6 Å². The molecule has 7 heteroatoms. The molecule has 0 saturated carbocycles. The van der Waals surface area contributed by atoms with E-state index in [1.54, 1.807) is 0 Å². The van der Waals surface area contributed by atoms with Crippen LogP contribution in [0, 0.1) is 19.8 Å². The third-order valence-electron chi connectivity index (χ3n) is 5.35. The third kappa shape index (κ3) is 6.21. The molecule has 2 heterocycles. The van der Waals surface area contributed by atoms with Gasteiger partial charge in [0.1, 0.15) is 0 Å². The van der Waals surface area contributed by atoms with E-state index in [1.165, 1.54) is 16.7 Å². The van der Waals surface area contributed by atoms with E-state index in [4.69, 9.17) is 9.73 Å².